The molecule has 1 saturated heterocycles. The summed E-state index contributed by atoms with van der Waals surface area (Å²) in [5.74, 6) is 0.513. The molecule has 20 heavy (non-hydrogen) atoms. The number of rotatable bonds is 2. The molecule has 6 heteroatoms. The number of carbonyl (C=O) groups excluding carboxylic acids is 2. The van der Waals surface area contributed by atoms with Crippen LogP contribution in [0.2, 0.25) is 0 Å². The Morgan fingerprint density at radius 1 is 1.20 bits per heavy atom. The molecule has 6 nitrogen and oxygen atoms in total. The van der Waals surface area contributed by atoms with Crippen molar-refractivity contribution < 1.29 is 9.59 Å². The van der Waals surface area contributed by atoms with Crippen molar-refractivity contribution in [1.29, 1.82) is 0 Å². The number of amidine groups is 1. The normalized spacial score (nSPS) is 25.4. The van der Waals surface area contributed by atoms with E-state index >= 15 is 0 Å². The molecule has 1 aromatic carbocycles. The second-order valence-electron chi connectivity index (χ2n) is 5.06. The second kappa shape index (κ2) is 4.63. The van der Waals surface area contributed by atoms with E-state index in [2.05, 4.69) is 10.3 Å². The summed E-state index contributed by atoms with van der Waals surface area (Å²) in [7, 11) is 3.16. The molecule has 0 spiro atoms. The number of amides is 3. The molecule has 1 N–H and O–H groups in total. The average Bonchev–Trinajstić information content (AvgIpc) is 2.88. The molecule has 3 rings (SSSR count). The Morgan fingerprint density at radius 2 is 1.90 bits per heavy atom. The minimum absolute atomic E-state index is 0.232. The van der Waals surface area contributed by atoms with Gasteiger partial charge in [-0.2, -0.15) is 0 Å². The summed E-state index contributed by atoms with van der Waals surface area (Å²) in [6.07, 6.45) is 0.192. The van der Waals surface area contributed by atoms with Crippen molar-refractivity contribution in [1.82, 2.24) is 15.1 Å². The highest BCUT2D eigenvalue weighted by molar-refractivity contribution is 6.04. The van der Waals surface area contributed by atoms with E-state index in [1.807, 2.05) is 30.3 Å². The Balaban J connectivity index is 1.81. The highest BCUT2D eigenvalue weighted by atomic mass is 16.2. The van der Waals surface area contributed by atoms with Crippen LogP contribution < -0.4 is 5.32 Å². The predicted octanol–water partition coefficient (Wildman–Crippen LogP) is 0.449. The Kier molecular flexibility index (Phi) is 2.93. The molecular weight excluding hydrogens is 256 g/mol. The third-order valence-corrected chi connectivity index (χ3v) is 3.70. The monoisotopic (exact) mass is 272 g/mol. The van der Waals surface area contributed by atoms with Crippen molar-refractivity contribution >= 4 is 17.8 Å². The van der Waals surface area contributed by atoms with Gasteiger partial charge in [-0.3, -0.25) is 9.69 Å². The number of urea groups is 1. The van der Waals surface area contributed by atoms with Crippen molar-refractivity contribution in [3.8, 4) is 0 Å². The summed E-state index contributed by atoms with van der Waals surface area (Å²) >= 11 is 0. The number of imide groups is 1. The molecule has 0 radical (unpaired) electrons. The maximum absolute atomic E-state index is 12.1. The highest BCUT2D eigenvalue weighted by Gasteiger charge is 2.46. The van der Waals surface area contributed by atoms with Crippen LogP contribution in [0.15, 0.2) is 35.3 Å². The van der Waals surface area contributed by atoms with Gasteiger partial charge in [0.15, 0.2) is 6.17 Å². The number of hydrogen-bond donors (Lipinski definition) is 1. The van der Waals surface area contributed by atoms with Crippen LogP contribution in [0.4, 0.5) is 4.79 Å². The van der Waals surface area contributed by atoms with Crippen LogP contribution in [0.3, 0.4) is 0 Å². The van der Waals surface area contributed by atoms with E-state index in [1.54, 1.807) is 7.05 Å². The zero-order chi connectivity index (χ0) is 14.3. The van der Waals surface area contributed by atoms with Crippen LogP contribution in [-0.2, 0) is 11.2 Å². The second-order valence-corrected chi connectivity index (χ2v) is 5.06. The van der Waals surface area contributed by atoms with Gasteiger partial charge in [0.1, 0.15) is 11.9 Å². The molecule has 1 fully saturated rings. The van der Waals surface area contributed by atoms with E-state index in [0.29, 0.717) is 6.42 Å². The summed E-state index contributed by atoms with van der Waals surface area (Å²) in [5.41, 5.74) is 1.12. The van der Waals surface area contributed by atoms with E-state index in [0.717, 1.165) is 16.3 Å². The first-order valence-corrected chi connectivity index (χ1v) is 6.49. The van der Waals surface area contributed by atoms with Gasteiger partial charge in [-0.05, 0) is 5.56 Å². The number of likely N-dealkylation sites (N-methyl/N-ethyl adjacent to an activating group) is 2. The van der Waals surface area contributed by atoms with Crippen LogP contribution in [0.1, 0.15) is 5.56 Å². The lowest BCUT2D eigenvalue weighted by Gasteiger charge is -2.36. The standard InChI is InChI=1S/C14H16N4O2/c1-17-12-11(13(19)18(2)14(17)20)15-10(16-12)8-9-6-4-3-5-7-9/h3-7,11-12H,8H2,1-2H3,(H,15,16). The lowest BCUT2D eigenvalue weighted by atomic mass is 10.1. The Morgan fingerprint density at radius 3 is 2.60 bits per heavy atom. The van der Waals surface area contributed by atoms with Crippen molar-refractivity contribution in [3.05, 3.63) is 35.9 Å². The fraction of sp³-hybridized carbons (Fsp3) is 0.357. The molecular formula is C14H16N4O2. The number of nitrogens with one attached hydrogen (secondary N) is 1. The molecule has 2 heterocycles. The number of carbonyl (C=O) groups is 2. The fourth-order valence-corrected chi connectivity index (χ4v) is 2.56. The minimum atomic E-state index is -0.471. The molecule has 2 atom stereocenters. The lowest BCUT2D eigenvalue weighted by molar-refractivity contribution is -0.133. The number of aliphatic imine (C=N–C) groups is 1. The van der Waals surface area contributed by atoms with Gasteiger partial charge in [0.2, 0.25) is 0 Å². The predicted molar refractivity (Wildman–Crippen MR) is 74.2 cm³/mol. The summed E-state index contributed by atoms with van der Waals surface area (Å²) in [5, 5.41) is 3.14. The number of benzene rings is 1. The van der Waals surface area contributed by atoms with Gasteiger partial charge in [0.05, 0.1) is 0 Å². The molecule has 0 bridgehead atoms. The van der Waals surface area contributed by atoms with Crippen LogP contribution in [0, 0.1) is 0 Å². The van der Waals surface area contributed by atoms with Gasteiger partial charge in [-0.25, -0.2) is 9.79 Å². The summed E-state index contributed by atoms with van der Waals surface area (Å²) in [6, 6.07) is 9.12. The molecule has 0 saturated carbocycles. The van der Waals surface area contributed by atoms with Gasteiger partial charge in [-0.1, -0.05) is 30.3 Å². The van der Waals surface area contributed by atoms with Crippen molar-refractivity contribution in [2.24, 2.45) is 4.99 Å². The zero-order valence-corrected chi connectivity index (χ0v) is 11.4. The van der Waals surface area contributed by atoms with E-state index in [-0.39, 0.29) is 11.9 Å². The molecule has 2 aliphatic heterocycles. The maximum atomic E-state index is 12.1. The molecule has 0 aliphatic carbocycles. The van der Waals surface area contributed by atoms with Crippen molar-refractivity contribution in [2.45, 2.75) is 18.6 Å². The number of hydrogen-bond acceptors (Lipinski definition) is 4. The number of nitrogens with zero attached hydrogens (tertiary/aromatic N) is 3. The van der Waals surface area contributed by atoms with Crippen molar-refractivity contribution in [3.63, 3.8) is 0 Å². The van der Waals surface area contributed by atoms with E-state index in [1.165, 1.54) is 11.9 Å². The molecule has 2 unspecified atom stereocenters. The molecule has 3 amide bonds. The first-order chi connectivity index (χ1) is 9.58. The lowest BCUT2D eigenvalue weighted by Crippen LogP contribution is -2.63. The highest BCUT2D eigenvalue weighted by Crippen LogP contribution is 2.21. The minimum Gasteiger partial charge on any atom is -0.359 e. The van der Waals surface area contributed by atoms with Crippen LogP contribution >= 0.6 is 0 Å². The van der Waals surface area contributed by atoms with Crippen LogP contribution in [0.5, 0.6) is 0 Å². The molecule has 104 valence electrons. The van der Waals surface area contributed by atoms with Crippen molar-refractivity contribution in [2.75, 3.05) is 14.1 Å². The smallest absolute Gasteiger partial charge is 0.328 e. The van der Waals surface area contributed by atoms with E-state index in [4.69, 9.17) is 0 Å². The largest absolute Gasteiger partial charge is 0.359 e. The number of fused-ring (bicyclic) bond motifs is 1. The summed E-state index contributed by atoms with van der Waals surface area (Å²) in [4.78, 5) is 31.1. The summed E-state index contributed by atoms with van der Waals surface area (Å²) in [6.45, 7) is 0. The first-order valence-electron chi connectivity index (χ1n) is 6.49. The quantitative estimate of drug-likeness (QED) is 0.850. The van der Waals surface area contributed by atoms with E-state index < -0.39 is 12.2 Å². The van der Waals surface area contributed by atoms with Crippen LogP contribution in [-0.4, -0.2) is 53.9 Å². The maximum Gasteiger partial charge on any atom is 0.328 e. The third-order valence-electron chi connectivity index (χ3n) is 3.70. The zero-order valence-electron chi connectivity index (χ0n) is 11.4. The summed E-state index contributed by atoms with van der Waals surface area (Å²) < 4.78 is 0. The average molecular weight is 272 g/mol. The van der Waals surface area contributed by atoms with Crippen LogP contribution in [0.25, 0.3) is 0 Å². The molecule has 1 aromatic rings. The molecule has 0 aromatic heterocycles. The van der Waals surface area contributed by atoms with E-state index in [9.17, 15) is 9.59 Å². The van der Waals surface area contributed by atoms with Gasteiger partial charge in [0, 0.05) is 20.5 Å². The Bertz CT molecular complexity index is 584. The third kappa shape index (κ3) is 1.93. The SMILES string of the molecule is CN1C(=O)C2NC(Cc3ccccc3)=NC2N(C)C1=O. The van der Waals surface area contributed by atoms with Gasteiger partial charge < -0.3 is 10.2 Å². The Hall–Kier alpha value is -2.37. The van der Waals surface area contributed by atoms with Gasteiger partial charge >= 0.3 is 6.03 Å². The van der Waals surface area contributed by atoms with Gasteiger partial charge in [0.25, 0.3) is 5.91 Å². The Labute approximate surface area is 117 Å². The fourth-order valence-electron chi connectivity index (χ4n) is 2.56. The first kappa shape index (κ1) is 12.7. The topological polar surface area (TPSA) is 65.0 Å². The molecule has 2 aliphatic rings. The van der Waals surface area contributed by atoms with Gasteiger partial charge in [-0.15, -0.1) is 0 Å².